The number of fused-ring (bicyclic) bond motifs is 1. The standard InChI is InChI=1S/C14H11/c1-2-6-11(5-1)14-10-9-12-7-3-4-8-13(12)14/h1-11H. The summed E-state index contributed by atoms with van der Waals surface area (Å²) in [5, 5.41) is 0. The highest BCUT2D eigenvalue weighted by Crippen LogP contribution is 2.36. The summed E-state index contributed by atoms with van der Waals surface area (Å²) in [6.45, 7) is 0. The first-order valence-corrected chi connectivity index (χ1v) is 4.94. The average molecular weight is 179 g/mol. The fraction of sp³-hybridized carbons (Fsp3) is 0.0714. The molecule has 2 aliphatic rings. The van der Waals surface area contributed by atoms with Crippen LogP contribution in [0.25, 0.3) is 6.08 Å². The summed E-state index contributed by atoms with van der Waals surface area (Å²) in [7, 11) is 0. The molecule has 0 amide bonds. The van der Waals surface area contributed by atoms with E-state index >= 15 is 0 Å². The molecule has 0 fully saturated rings. The van der Waals surface area contributed by atoms with Crippen LogP contribution in [-0.2, 0) is 0 Å². The van der Waals surface area contributed by atoms with Crippen molar-refractivity contribution in [1.82, 2.24) is 0 Å². The molecule has 0 heteroatoms. The SMILES string of the molecule is C1=CC([C]2C=Cc3ccccc32)C=C1. The maximum Gasteiger partial charge on any atom is 0.0379 e. The molecule has 14 heavy (non-hydrogen) atoms. The predicted molar refractivity (Wildman–Crippen MR) is 59.6 cm³/mol. The zero-order valence-electron chi connectivity index (χ0n) is 7.85. The van der Waals surface area contributed by atoms with Gasteiger partial charge in [0.1, 0.15) is 0 Å². The third kappa shape index (κ3) is 1.07. The number of benzene rings is 1. The summed E-state index contributed by atoms with van der Waals surface area (Å²) in [6, 6.07) is 8.56. The Morgan fingerprint density at radius 3 is 2.50 bits per heavy atom. The number of allylic oxidation sites excluding steroid dienone is 5. The van der Waals surface area contributed by atoms with Gasteiger partial charge in [-0.1, -0.05) is 60.7 Å². The molecule has 1 aromatic rings. The van der Waals surface area contributed by atoms with Gasteiger partial charge >= 0.3 is 0 Å². The van der Waals surface area contributed by atoms with Gasteiger partial charge in [0, 0.05) is 11.8 Å². The van der Waals surface area contributed by atoms with Crippen molar-refractivity contribution in [3.05, 3.63) is 71.7 Å². The Bertz CT molecular complexity index is 423. The van der Waals surface area contributed by atoms with E-state index in [-0.39, 0.29) is 0 Å². The van der Waals surface area contributed by atoms with Gasteiger partial charge in [-0.2, -0.15) is 0 Å². The Kier molecular flexibility index (Phi) is 1.66. The van der Waals surface area contributed by atoms with E-state index in [0.29, 0.717) is 5.92 Å². The van der Waals surface area contributed by atoms with E-state index in [2.05, 4.69) is 60.7 Å². The quantitative estimate of drug-likeness (QED) is 0.620. The fourth-order valence-corrected chi connectivity index (χ4v) is 2.10. The lowest BCUT2D eigenvalue weighted by atomic mass is 9.89. The average Bonchev–Trinajstić information content (AvgIpc) is 2.85. The van der Waals surface area contributed by atoms with E-state index in [1.165, 1.54) is 17.0 Å². The molecule has 0 saturated heterocycles. The van der Waals surface area contributed by atoms with Gasteiger partial charge in [-0.25, -0.2) is 0 Å². The molecule has 0 nitrogen and oxygen atoms in total. The lowest BCUT2D eigenvalue weighted by Gasteiger charge is -2.14. The highest BCUT2D eigenvalue weighted by molar-refractivity contribution is 5.70. The second-order valence-electron chi connectivity index (χ2n) is 3.67. The molecule has 0 heterocycles. The zero-order chi connectivity index (χ0) is 9.38. The lowest BCUT2D eigenvalue weighted by molar-refractivity contribution is 0.920. The summed E-state index contributed by atoms with van der Waals surface area (Å²) < 4.78 is 0. The second kappa shape index (κ2) is 2.98. The van der Waals surface area contributed by atoms with Crippen LogP contribution in [0.3, 0.4) is 0 Å². The van der Waals surface area contributed by atoms with Crippen LogP contribution in [0.5, 0.6) is 0 Å². The Balaban J connectivity index is 2.02. The molecule has 2 aliphatic carbocycles. The molecule has 0 atom stereocenters. The Labute approximate surface area is 84.3 Å². The normalized spacial score (nSPS) is 19.4. The van der Waals surface area contributed by atoms with Crippen LogP contribution in [-0.4, -0.2) is 0 Å². The van der Waals surface area contributed by atoms with Gasteiger partial charge in [0.15, 0.2) is 0 Å². The topological polar surface area (TPSA) is 0 Å². The first-order chi connectivity index (χ1) is 6.95. The summed E-state index contributed by atoms with van der Waals surface area (Å²) in [6.07, 6.45) is 13.1. The van der Waals surface area contributed by atoms with E-state index < -0.39 is 0 Å². The van der Waals surface area contributed by atoms with Gasteiger partial charge in [0.25, 0.3) is 0 Å². The van der Waals surface area contributed by atoms with Crippen LogP contribution in [0.15, 0.2) is 54.6 Å². The molecule has 0 bridgehead atoms. The van der Waals surface area contributed by atoms with Crippen molar-refractivity contribution in [3.8, 4) is 0 Å². The van der Waals surface area contributed by atoms with Crippen LogP contribution >= 0.6 is 0 Å². The summed E-state index contributed by atoms with van der Waals surface area (Å²) in [4.78, 5) is 0. The van der Waals surface area contributed by atoms with Crippen molar-refractivity contribution in [1.29, 1.82) is 0 Å². The summed E-state index contributed by atoms with van der Waals surface area (Å²) in [5.41, 5.74) is 2.73. The highest BCUT2D eigenvalue weighted by atomic mass is 14.3. The molecule has 0 aromatic heterocycles. The van der Waals surface area contributed by atoms with E-state index in [1.54, 1.807) is 0 Å². The van der Waals surface area contributed by atoms with E-state index in [4.69, 9.17) is 0 Å². The molecule has 0 spiro atoms. The van der Waals surface area contributed by atoms with Crippen molar-refractivity contribution in [2.45, 2.75) is 0 Å². The third-order valence-corrected chi connectivity index (χ3v) is 2.82. The van der Waals surface area contributed by atoms with E-state index in [1.807, 2.05) is 0 Å². The fourth-order valence-electron chi connectivity index (χ4n) is 2.10. The van der Waals surface area contributed by atoms with Gasteiger partial charge in [-0.15, -0.1) is 0 Å². The maximum absolute atomic E-state index is 2.24. The molecule has 67 valence electrons. The van der Waals surface area contributed by atoms with Crippen molar-refractivity contribution in [2.75, 3.05) is 0 Å². The smallest absolute Gasteiger partial charge is 0.0379 e. The number of rotatable bonds is 1. The minimum absolute atomic E-state index is 0.481. The largest absolute Gasteiger partial charge is 0.0764 e. The second-order valence-corrected chi connectivity index (χ2v) is 3.67. The molecule has 0 aliphatic heterocycles. The van der Waals surface area contributed by atoms with Gasteiger partial charge < -0.3 is 0 Å². The molecule has 1 radical (unpaired) electrons. The minimum atomic E-state index is 0.481. The van der Waals surface area contributed by atoms with Crippen molar-refractivity contribution >= 4 is 6.08 Å². The van der Waals surface area contributed by atoms with E-state index in [0.717, 1.165) is 0 Å². The summed E-state index contributed by atoms with van der Waals surface area (Å²) >= 11 is 0. The molecule has 0 N–H and O–H groups in total. The lowest BCUT2D eigenvalue weighted by Crippen LogP contribution is -2.03. The van der Waals surface area contributed by atoms with Crippen LogP contribution in [0.4, 0.5) is 0 Å². The Morgan fingerprint density at radius 2 is 1.64 bits per heavy atom. The van der Waals surface area contributed by atoms with Crippen molar-refractivity contribution < 1.29 is 0 Å². The van der Waals surface area contributed by atoms with Crippen LogP contribution in [0.2, 0.25) is 0 Å². The highest BCUT2D eigenvalue weighted by Gasteiger charge is 2.23. The van der Waals surface area contributed by atoms with E-state index in [9.17, 15) is 0 Å². The molecular formula is C14H11. The van der Waals surface area contributed by atoms with Crippen molar-refractivity contribution in [2.24, 2.45) is 5.92 Å². The third-order valence-electron chi connectivity index (χ3n) is 2.82. The Hall–Kier alpha value is -1.56. The summed E-state index contributed by atoms with van der Waals surface area (Å²) in [5.74, 6) is 1.90. The zero-order valence-corrected chi connectivity index (χ0v) is 7.85. The molecule has 0 saturated carbocycles. The van der Waals surface area contributed by atoms with Crippen LogP contribution < -0.4 is 0 Å². The Morgan fingerprint density at radius 1 is 0.857 bits per heavy atom. The van der Waals surface area contributed by atoms with Gasteiger partial charge in [0.2, 0.25) is 0 Å². The molecular weight excluding hydrogens is 168 g/mol. The first-order valence-electron chi connectivity index (χ1n) is 4.94. The molecule has 0 unspecified atom stereocenters. The van der Waals surface area contributed by atoms with Gasteiger partial charge in [-0.3, -0.25) is 0 Å². The predicted octanol–water partition coefficient (Wildman–Crippen LogP) is 3.38. The number of hydrogen-bond acceptors (Lipinski definition) is 0. The first kappa shape index (κ1) is 7.81. The maximum atomic E-state index is 2.24. The molecule has 1 aromatic carbocycles. The minimum Gasteiger partial charge on any atom is -0.0764 e. The molecule has 3 rings (SSSR count). The van der Waals surface area contributed by atoms with Crippen molar-refractivity contribution in [3.63, 3.8) is 0 Å². The van der Waals surface area contributed by atoms with Crippen LogP contribution in [0.1, 0.15) is 11.1 Å². The monoisotopic (exact) mass is 179 g/mol. The number of hydrogen-bond donors (Lipinski definition) is 0. The van der Waals surface area contributed by atoms with Crippen LogP contribution in [0, 0.1) is 11.8 Å². The van der Waals surface area contributed by atoms with Gasteiger partial charge in [0.05, 0.1) is 0 Å². The van der Waals surface area contributed by atoms with Gasteiger partial charge in [-0.05, 0) is 11.1 Å².